The predicted molar refractivity (Wildman–Crippen MR) is 77.8 cm³/mol. The van der Waals surface area contributed by atoms with Crippen molar-refractivity contribution in [2.75, 3.05) is 59.5 Å². The minimum Gasteiger partial charge on any atom is -0.378 e. The van der Waals surface area contributed by atoms with E-state index in [1.165, 1.54) is 6.42 Å². The average molecular weight is 295 g/mol. The number of piperidine rings is 1. The molecule has 0 radical (unpaired) electrons. The Balaban J connectivity index is 1.62. The number of hydrogen-bond donors (Lipinski definition) is 0. The smallest absolute Gasteiger partial charge is 0.312 e. The van der Waals surface area contributed by atoms with Crippen LogP contribution < -0.4 is 0 Å². The Kier molecular flexibility index (Phi) is 4.17. The zero-order valence-electron chi connectivity index (χ0n) is 12.8. The summed E-state index contributed by atoms with van der Waals surface area (Å²) in [6.45, 7) is 5.74. The van der Waals surface area contributed by atoms with Crippen molar-refractivity contribution in [1.29, 1.82) is 0 Å². The van der Waals surface area contributed by atoms with Gasteiger partial charge in [-0.2, -0.15) is 0 Å². The van der Waals surface area contributed by atoms with Crippen LogP contribution in [0.4, 0.5) is 0 Å². The van der Waals surface area contributed by atoms with Gasteiger partial charge in [0.25, 0.3) is 0 Å². The van der Waals surface area contributed by atoms with Crippen LogP contribution in [0, 0.1) is 5.41 Å². The quantitative estimate of drug-likeness (QED) is 0.580. The Hall–Kier alpha value is -1.14. The summed E-state index contributed by atoms with van der Waals surface area (Å²) in [5.41, 5.74) is 0.216. The van der Waals surface area contributed by atoms with Gasteiger partial charge in [-0.1, -0.05) is 0 Å². The number of morpholine rings is 1. The molecule has 0 saturated carbocycles. The summed E-state index contributed by atoms with van der Waals surface area (Å²) >= 11 is 0. The van der Waals surface area contributed by atoms with Gasteiger partial charge in [-0.3, -0.25) is 9.59 Å². The van der Waals surface area contributed by atoms with E-state index in [4.69, 9.17) is 4.74 Å². The predicted octanol–water partition coefficient (Wildman–Crippen LogP) is -0.210. The maximum absolute atomic E-state index is 12.5. The van der Waals surface area contributed by atoms with E-state index in [9.17, 15) is 9.59 Å². The van der Waals surface area contributed by atoms with Crippen molar-refractivity contribution < 1.29 is 14.3 Å². The molecule has 3 aliphatic rings. The summed E-state index contributed by atoms with van der Waals surface area (Å²) in [4.78, 5) is 30.6. The number of amides is 2. The molecule has 3 heterocycles. The number of hydrogen-bond acceptors (Lipinski definition) is 4. The van der Waals surface area contributed by atoms with Crippen LogP contribution >= 0.6 is 0 Å². The van der Waals surface area contributed by atoms with Crippen LogP contribution in [-0.2, 0) is 14.3 Å². The molecule has 1 spiro atoms. The monoisotopic (exact) mass is 295 g/mol. The van der Waals surface area contributed by atoms with Crippen molar-refractivity contribution in [3.8, 4) is 0 Å². The van der Waals surface area contributed by atoms with E-state index in [0.717, 1.165) is 39.0 Å². The first-order valence-corrected chi connectivity index (χ1v) is 7.94. The minimum absolute atomic E-state index is 0.216. The lowest BCUT2D eigenvalue weighted by Crippen LogP contribution is -2.53. The van der Waals surface area contributed by atoms with Gasteiger partial charge < -0.3 is 19.4 Å². The van der Waals surface area contributed by atoms with Crippen LogP contribution in [0.2, 0.25) is 0 Å². The highest BCUT2D eigenvalue weighted by molar-refractivity contribution is 6.34. The van der Waals surface area contributed by atoms with Gasteiger partial charge in [0.15, 0.2) is 0 Å². The van der Waals surface area contributed by atoms with Crippen LogP contribution in [0.1, 0.15) is 19.3 Å². The van der Waals surface area contributed by atoms with Crippen LogP contribution in [-0.4, -0.2) is 86.0 Å². The normalized spacial score (nSPS) is 30.9. The van der Waals surface area contributed by atoms with E-state index in [-0.39, 0.29) is 17.2 Å². The Bertz CT molecular complexity index is 418. The molecular weight excluding hydrogens is 270 g/mol. The van der Waals surface area contributed by atoms with Crippen LogP contribution in [0.5, 0.6) is 0 Å². The molecule has 0 aromatic rings. The standard InChI is InChI=1S/C15H25N3O3/c1-16-6-4-15(11-16)3-2-5-18(12-15)14(20)13(19)17-7-9-21-10-8-17/h2-12H2,1H3. The third-order valence-corrected chi connectivity index (χ3v) is 5.06. The molecule has 3 fully saturated rings. The van der Waals surface area contributed by atoms with Crippen LogP contribution in [0.3, 0.4) is 0 Å². The lowest BCUT2D eigenvalue weighted by atomic mass is 9.79. The van der Waals surface area contributed by atoms with Gasteiger partial charge in [0.05, 0.1) is 13.2 Å². The third kappa shape index (κ3) is 3.06. The molecular formula is C15H25N3O3. The summed E-state index contributed by atoms with van der Waals surface area (Å²) < 4.78 is 5.24. The SMILES string of the molecule is CN1CCC2(CCCN(C(=O)C(=O)N3CCOCC3)C2)C1. The molecule has 0 N–H and O–H groups in total. The maximum atomic E-state index is 12.5. The second-order valence-corrected chi connectivity index (χ2v) is 6.72. The number of rotatable bonds is 0. The van der Waals surface area contributed by atoms with Crippen molar-refractivity contribution >= 4 is 11.8 Å². The largest absolute Gasteiger partial charge is 0.378 e. The fourth-order valence-electron chi connectivity index (χ4n) is 3.91. The summed E-state index contributed by atoms with van der Waals surface area (Å²) in [7, 11) is 2.13. The zero-order chi connectivity index (χ0) is 14.9. The van der Waals surface area contributed by atoms with Gasteiger partial charge in [-0.05, 0) is 32.9 Å². The molecule has 0 bridgehead atoms. The Morgan fingerprint density at radius 3 is 2.29 bits per heavy atom. The van der Waals surface area contributed by atoms with E-state index < -0.39 is 0 Å². The van der Waals surface area contributed by atoms with Crippen LogP contribution in [0.15, 0.2) is 0 Å². The van der Waals surface area contributed by atoms with Gasteiger partial charge in [0.1, 0.15) is 0 Å². The molecule has 6 nitrogen and oxygen atoms in total. The summed E-state index contributed by atoms with van der Waals surface area (Å²) in [6, 6.07) is 0. The van der Waals surface area contributed by atoms with Gasteiger partial charge in [-0.25, -0.2) is 0 Å². The summed E-state index contributed by atoms with van der Waals surface area (Å²) in [5, 5.41) is 0. The maximum Gasteiger partial charge on any atom is 0.312 e. The lowest BCUT2D eigenvalue weighted by Gasteiger charge is -2.40. The Labute approximate surface area is 126 Å². The number of nitrogens with zero attached hydrogens (tertiary/aromatic N) is 3. The van der Waals surface area contributed by atoms with Crippen LogP contribution in [0.25, 0.3) is 0 Å². The molecule has 3 saturated heterocycles. The van der Waals surface area contributed by atoms with E-state index in [1.54, 1.807) is 9.80 Å². The first kappa shape index (κ1) is 14.8. The first-order valence-electron chi connectivity index (χ1n) is 7.94. The van der Waals surface area contributed by atoms with E-state index >= 15 is 0 Å². The molecule has 1 unspecified atom stereocenters. The molecule has 0 aromatic heterocycles. The average Bonchev–Trinajstić information content (AvgIpc) is 2.87. The second kappa shape index (κ2) is 5.93. The summed E-state index contributed by atoms with van der Waals surface area (Å²) in [5.74, 6) is -0.660. The second-order valence-electron chi connectivity index (χ2n) is 6.72. The topological polar surface area (TPSA) is 53.1 Å². The third-order valence-electron chi connectivity index (χ3n) is 5.06. The van der Waals surface area contributed by atoms with Crippen molar-refractivity contribution in [3.05, 3.63) is 0 Å². The molecule has 6 heteroatoms. The minimum atomic E-state index is -0.346. The molecule has 21 heavy (non-hydrogen) atoms. The molecule has 1 atom stereocenters. The van der Waals surface area contributed by atoms with Gasteiger partial charge in [-0.15, -0.1) is 0 Å². The van der Waals surface area contributed by atoms with E-state index in [1.807, 2.05) is 0 Å². The molecule has 3 rings (SSSR count). The fraction of sp³-hybridized carbons (Fsp3) is 0.867. The fourth-order valence-corrected chi connectivity index (χ4v) is 3.91. The molecule has 118 valence electrons. The van der Waals surface area contributed by atoms with Gasteiger partial charge in [0.2, 0.25) is 0 Å². The lowest BCUT2D eigenvalue weighted by molar-refractivity contribution is -0.155. The number of carbonyl (C=O) groups is 2. The van der Waals surface area contributed by atoms with Crippen molar-refractivity contribution in [1.82, 2.24) is 14.7 Å². The highest BCUT2D eigenvalue weighted by Gasteiger charge is 2.42. The van der Waals surface area contributed by atoms with Crippen molar-refractivity contribution in [2.45, 2.75) is 19.3 Å². The van der Waals surface area contributed by atoms with Crippen molar-refractivity contribution in [2.24, 2.45) is 5.41 Å². The van der Waals surface area contributed by atoms with Crippen molar-refractivity contribution in [3.63, 3.8) is 0 Å². The number of ether oxygens (including phenoxy) is 1. The molecule has 2 amide bonds. The van der Waals surface area contributed by atoms with E-state index in [2.05, 4.69) is 11.9 Å². The molecule has 3 aliphatic heterocycles. The van der Waals surface area contributed by atoms with E-state index in [0.29, 0.717) is 26.3 Å². The zero-order valence-corrected chi connectivity index (χ0v) is 12.8. The molecule has 0 aliphatic carbocycles. The highest BCUT2D eigenvalue weighted by Crippen LogP contribution is 2.38. The summed E-state index contributed by atoms with van der Waals surface area (Å²) in [6.07, 6.45) is 3.32. The molecule has 0 aromatic carbocycles. The highest BCUT2D eigenvalue weighted by atomic mass is 16.5. The Morgan fingerprint density at radius 1 is 0.905 bits per heavy atom. The Morgan fingerprint density at radius 2 is 1.62 bits per heavy atom. The number of likely N-dealkylation sites (tertiary alicyclic amines) is 2. The first-order chi connectivity index (χ1) is 10.1. The van der Waals surface area contributed by atoms with Gasteiger partial charge in [0, 0.05) is 38.1 Å². The number of carbonyl (C=O) groups excluding carboxylic acids is 2. The van der Waals surface area contributed by atoms with Gasteiger partial charge >= 0.3 is 11.8 Å².